The van der Waals surface area contributed by atoms with Crippen LogP contribution in [0.1, 0.15) is 181 Å². The molecule has 0 aromatic carbocycles. The monoisotopic (exact) mass is 800 g/mol. The Balaban J connectivity index is 2.53. The van der Waals surface area contributed by atoms with Gasteiger partial charge < -0.3 is 30.2 Å². The summed E-state index contributed by atoms with van der Waals surface area (Å²) < 4.78 is 16.5. The Bertz CT molecular complexity index is 1090. The standard InChI is InChI=1S/C48H85N3O6/c1-4-28-43-31-22-16-10-7-13-19-26-35-47(53)56-41-38-50-45(30-6-3)33-24-18-12-9-15-21-27-36-48(54)57-42-39-51-44(29-5-2)32-23-17-11-8-14-20-25-34-46(52)55-40-37-49-43/h7-9,13-16,22,43-45,49-51H,4-6,10-12,17-21,23-42H2,1-3H3/b13-7-,14-8+,15-9+,22-16+. The summed E-state index contributed by atoms with van der Waals surface area (Å²) in [5.74, 6) is -0.343. The van der Waals surface area contributed by atoms with E-state index >= 15 is 0 Å². The number of ether oxygens (including phenoxy) is 3. The molecule has 3 atom stereocenters. The number of carbonyl (C=O) groups is 3. The summed E-state index contributed by atoms with van der Waals surface area (Å²) in [6.45, 7) is 9.95. The zero-order valence-electron chi connectivity index (χ0n) is 36.7. The Morgan fingerprint density at radius 2 is 0.807 bits per heavy atom. The van der Waals surface area contributed by atoms with Gasteiger partial charge in [0.25, 0.3) is 0 Å². The molecule has 3 unspecified atom stereocenters. The Labute approximate surface area is 349 Å². The molecule has 328 valence electrons. The fourth-order valence-corrected chi connectivity index (χ4v) is 7.07. The van der Waals surface area contributed by atoms with Crippen molar-refractivity contribution in [2.45, 2.75) is 199 Å². The van der Waals surface area contributed by atoms with Gasteiger partial charge in [-0.15, -0.1) is 0 Å². The molecule has 1 aliphatic heterocycles. The molecule has 0 spiro atoms. The van der Waals surface area contributed by atoms with Crippen LogP contribution in [0.25, 0.3) is 0 Å². The summed E-state index contributed by atoms with van der Waals surface area (Å²) in [6, 6.07) is 1.29. The average molecular weight is 800 g/mol. The third kappa shape index (κ3) is 35.0. The predicted octanol–water partition coefficient (Wildman–Crippen LogP) is 10.5. The van der Waals surface area contributed by atoms with Crippen LogP contribution in [-0.2, 0) is 28.6 Å². The van der Waals surface area contributed by atoms with E-state index in [1.807, 2.05) is 0 Å². The molecular weight excluding hydrogens is 715 g/mol. The van der Waals surface area contributed by atoms with Gasteiger partial charge in [-0.2, -0.15) is 0 Å². The van der Waals surface area contributed by atoms with Gasteiger partial charge in [0, 0.05) is 57.0 Å². The average Bonchev–Trinajstić information content (AvgIpc) is 3.20. The first-order chi connectivity index (χ1) is 28.0. The molecule has 0 aromatic rings. The number of rotatable bonds is 6. The second kappa shape index (κ2) is 40.0. The molecule has 1 rings (SSSR count). The highest BCUT2D eigenvalue weighted by atomic mass is 16.5. The second-order valence-electron chi connectivity index (χ2n) is 15.6. The summed E-state index contributed by atoms with van der Waals surface area (Å²) >= 11 is 0. The van der Waals surface area contributed by atoms with E-state index in [1.54, 1.807) is 0 Å². The van der Waals surface area contributed by atoms with Crippen LogP contribution < -0.4 is 16.0 Å². The highest BCUT2D eigenvalue weighted by molar-refractivity contribution is 5.70. The SMILES string of the molecule is CCCC1C/C=C/C/C=C\CCCC(=O)OCCNC(CCC)CCCC/C=C/CCCC(=O)OCCNC(CCC)CCCC/C=C/CCCC(=O)OCCN1. The molecular formula is C48H85N3O6. The van der Waals surface area contributed by atoms with Crippen molar-refractivity contribution in [1.82, 2.24) is 16.0 Å². The fraction of sp³-hybridized carbons (Fsp3) is 0.771. The number of esters is 3. The highest BCUT2D eigenvalue weighted by Crippen LogP contribution is 2.12. The molecule has 0 saturated carbocycles. The van der Waals surface area contributed by atoms with Gasteiger partial charge in [-0.1, -0.05) is 101 Å². The molecule has 0 fully saturated rings. The van der Waals surface area contributed by atoms with Crippen LogP contribution in [0.5, 0.6) is 0 Å². The van der Waals surface area contributed by atoms with E-state index in [-0.39, 0.29) is 17.9 Å². The lowest BCUT2D eigenvalue weighted by Crippen LogP contribution is -2.32. The first-order valence-electron chi connectivity index (χ1n) is 23.2. The quantitative estimate of drug-likeness (QED) is 0.137. The van der Waals surface area contributed by atoms with Crippen LogP contribution in [0.15, 0.2) is 48.6 Å². The lowest BCUT2D eigenvalue weighted by molar-refractivity contribution is -0.144. The normalized spacial score (nSPS) is 26.2. The van der Waals surface area contributed by atoms with Gasteiger partial charge in [0.2, 0.25) is 0 Å². The van der Waals surface area contributed by atoms with E-state index in [2.05, 4.69) is 85.3 Å². The predicted molar refractivity (Wildman–Crippen MR) is 237 cm³/mol. The lowest BCUT2D eigenvalue weighted by Gasteiger charge is -2.18. The zero-order valence-corrected chi connectivity index (χ0v) is 36.7. The van der Waals surface area contributed by atoms with Gasteiger partial charge >= 0.3 is 17.9 Å². The Morgan fingerprint density at radius 1 is 0.456 bits per heavy atom. The van der Waals surface area contributed by atoms with Crippen molar-refractivity contribution in [3.05, 3.63) is 48.6 Å². The van der Waals surface area contributed by atoms with Crippen molar-refractivity contribution in [3.8, 4) is 0 Å². The summed E-state index contributed by atoms with van der Waals surface area (Å²) in [6.07, 6.45) is 41.7. The topological polar surface area (TPSA) is 115 Å². The molecule has 1 heterocycles. The second-order valence-corrected chi connectivity index (χ2v) is 15.6. The van der Waals surface area contributed by atoms with Crippen molar-refractivity contribution < 1.29 is 28.6 Å². The molecule has 0 radical (unpaired) electrons. The first kappa shape index (κ1) is 52.3. The summed E-state index contributed by atoms with van der Waals surface area (Å²) in [7, 11) is 0. The summed E-state index contributed by atoms with van der Waals surface area (Å²) in [5, 5.41) is 10.8. The molecule has 3 N–H and O–H groups in total. The molecule has 0 amide bonds. The minimum absolute atomic E-state index is 0.106. The van der Waals surface area contributed by atoms with Gasteiger partial charge in [0.1, 0.15) is 19.8 Å². The molecule has 0 bridgehead atoms. The van der Waals surface area contributed by atoms with Crippen LogP contribution in [0.3, 0.4) is 0 Å². The molecule has 0 aliphatic carbocycles. The summed E-state index contributed by atoms with van der Waals surface area (Å²) in [4.78, 5) is 36.7. The number of cyclic esters (lactones) is 3. The molecule has 1 aliphatic rings. The van der Waals surface area contributed by atoms with E-state index in [0.717, 1.165) is 128 Å². The zero-order chi connectivity index (χ0) is 41.3. The number of allylic oxidation sites excluding steroid dienone is 7. The smallest absolute Gasteiger partial charge is 0.305 e. The van der Waals surface area contributed by atoms with E-state index in [9.17, 15) is 14.4 Å². The molecule has 0 aromatic heterocycles. The summed E-state index contributed by atoms with van der Waals surface area (Å²) in [5.41, 5.74) is 0. The molecule has 9 nitrogen and oxygen atoms in total. The van der Waals surface area contributed by atoms with E-state index < -0.39 is 0 Å². The van der Waals surface area contributed by atoms with Crippen LogP contribution in [0.2, 0.25) is 0 Å². The molecule has 0 saturated heterocycles. The number of nitrogens with one attached hydrogen (secondary N) is 3. The lowest BCUT2D eigenvalue weighted by atomic mass is 10.0. The van der Waals surface area contributed by atoms with E-state index in [1.165, 1.54) is 12.8 Å². The van der Waals surface area contributed by atoms with Gasteiger partial charge in [0.05, 0.1) is 0 Å². The van der Waals surface area contributed by atoms with Crippen LogP contribution in [0, 0.1) is 0 Å². The fourth-order valence-electron chi connectivity index (χ4n) is 7.07. The van der Waals surface area contributed by atoms with E-state index in [0.29, 0.717) is 76.8 Å². The van der Waals surface area contributed by atoms with Crippen molar-refractivity contribution >= 4 is 17.9 Å². The third-order valence-electron chi connectivity index (χ3n) is 10.3. The minimum Gasteiger partial charge on any atom is -0.464 e. The maximum absolute atomic E-state index is 12.2. The molecule has 57 heavy (non-hydrogen) atoms. The first-order valence-corrected chi connectivity index (χ1v) is 23.2. The minimum atomic E-state index is -0.118. The van der Waals surface area contributed by atoms with Gasteiger partial charge in [-0.05, 0) is 109 Å². The number of hydrogen-bond donors (Lipinski definition) is 3. The number of carbonyl (C=O) groups excluding carboxylic acids is 3. The maximum atomic E-state index is 12.2. The van der Waals surface area contributed by atoms with Crippen LogP contribution in [0.4, 0.5) is 0 Å². The molecule has 9 heteroatoms. The van der Waals surface area contributed by atoms with Crippen molar-refractivity contribution in [3.63, 3.8) is 0 Å². The van der Waals surface area contributed by atoms with Gasteiger partial charge in [-0.25, -0.2) is 0 Å². The van der Waals surface area contributed by atoms with Crippen molar-refractivity contribution in [2.24, 2.45) is 0 Å². The highest BCUT2D eigenvalue weighted by Gasteiger charge is 2.10. The Morgan fingerprint density at radius 3 is 1.23 bits per heavy atom. The Kier molecular flexibility index (Phi) is 36.7. The van der Waals surface area contributed by atoms with Crippen molar-refractivity contribution in [2.75, 3.05) is 39.5 Å². The van der Waals surface area contributed by atoms with Gasteiger partial charge in [0.15, 0.2) is 0 Å². The van der Waals surface area contributed by atoms with Crippen LogP contribution >= 0.6 is 0 Å². The maximum Gasteiger partial charge on any atom is 0.305 e. The Hall–Kier alpha value is -2.75. The van der Waals surface area contributed by atoms with Gasteiger partial charge in [-0.3, -0.25) is 14.4 Å². The van der Waals surface area contributed by atoms with E-state index in [4.69, 9.17) is 14.2 Å². The third-order valence-corrected chi connectivity index (χ3v) is 10.3. The van der Waals surface area contributed by atoms with Crippen LogP contribution in [-0.4, -0.2) is 75.5 Å². The number of hydrogen-bond acceptors (Lipinski definition) is 9. The van der Waals surface area contributed by atoms with Crippen molar-refractivity contribution in [1.29, 1.82) is 0 Å². The largest absolute Gasteiger partial charge is 0.464 e.